The molecule has 1 N–H and O–H groups in total. The molecule has 0 saturated heterocycles. The van der Waals surface area contributed by atoms with Crippen molar-refractivity contribution < 1.29 is 4.74 Å². The smallest absolute Gasteiger partial charge is 0.127 e. The molecule has 0 spiro atoms. The van der Waals surface area contributed by atoms with Crippen molar-refractivity contribution in [3.63, 3.8) is 0 Å². The van der Waals surface area contributed by atoms with Crippen LogP contribution in [0, 0.1) is 6.92 Å². The van der Waals surface area contributed by atoms with Gasteiger partial charge in [-0.1, -0.05) is 24.3 Å². The van der Waals surface area contributed by atoms with Crippen molar-refractivity contribution in [2.75, 3.05) is 19.0 Å². The van der Waals surface area contributed by atoms with Gasteiger partial charge in [-0.2, -0.15) is 0 Å². The zero-order valence-corrected chi connectivity index (χ0v) is 13.2. The fourth-order valence-corrected chi connectivity index (χ4v) is 2.72. The van der Waals surface area contributed by atoms with Crippen LogP contribution in [0.3, 0.4) is 0 Å². The Morgan fingerprint density at radius 2 is 1.91 bits per heavy atom. The van der Waals surface area contributed by atoms with Gasteiger partial charge >= 0.3 is 0 Å². The predicted molar refractivity (Wildman–Crippen MR) is 92.6 cm³/mol. The SMILES string of the molecule is CCNc1cc2ccccc2c(-c2ccc(OC)c(C)c2)n1. The largest absolute Gasteiger partial charge is 0.496 e. The van der Waals surface area contributed by atoms with Gasteiger partial charge in [0.15, 0.2) is 0 Å². The number of hydrogen-bond acceptors (Lipinski definition) is 3. The highest BCUT2D eigenvalue weighted by atomic mass is 16.5. The Kier molecular flexibility index (Phi) is 3.96. The van der Waals surface area contributed by atoms with Crippen molar-refractivity contribution >= 4 is 16.6 Å². The number of aromatic nitrogens is 1. The van der Waals surface area contributed by atoms with E-state index in [9.17, 15) is 0 Å². The maximum atomic E-state index is 5.35. The Balaban J connectivity index is 2.22. The molecule has 3 nitrogen and oxygen atoms in total. The number of benzene rings is 2. The third-order valence-corrected chi connectivity index (χ3v) is 3.77. The van der Waals surface area contributed by atoms with Crippen LogP contribution in [0.25, 0.3) is 22.0 Å². The molecule has 0 unspecified atom stereocenters. The molecule has 1 heterocycles. The van der Waals surface area contributed by atoms with E-state index in [0.717, 1.165) is 40.3 Å². The summed E-state index contributed by atoms with van der Waals surface area (Å²) >= 11 is 0. The standard InChI is InChI=1S/C19H20N2O/c1-4-20-18-12-14-7-5-6-8-16(14)19(21-18)15-9-10-17(22-3)13(2)11-15/h5-12H,4H2,1-3H3,(H,20,21). The topological polar surface area (TPSA) is 34.1 Å². The minimum atomic E-state index is 0.854. The lowest BCUT2D eigenvalue weighted by atomic mass is 10.0. The molecule has 0 bridgehead atoms. The second-order valence-corrected chi connectivity index (χ2v) is 5.29. The summed E-state index contributed by atoms with van der Waals surface area (Å²) in [4.78, 5) is 4.81. The van der Waals surface area contributed by atoms with E-state index in [1.807, 2.05) is 6.07 Å². The summed E-state index contributed by atoms with van der Waals surface area (Å²) in [6, 6.07) is 16.6. The first-order chi connectivity index (χ1) is 10.7. The average molecular weight is 292 g/mol. The lowest BCUT2D eigenvalue weighted by molar-refractivity contribution is 0.412. The molecule has 0 aliphatic carbocycles. The van der Waals surface area contributed by atoms with Gasteiger partial charge in [0.25, 0.3) is 0 Å². The fourth-order valence-electron chi connectivity index (χ4n) is 2.72. The van der Waals surface area contributed by atoms with E-state index in [-0.39, 0.29) is 0 Å². The molecule has 2 aromatic carbocycles. The molecular weight excluding hydrogens is 272 g/mol. The molecule has 3 heteroatoms. The van der Waals surface area contributed by atoms with Crippen LogP contribution in [0.2, 0.25) is 0 Å². The van der Waals surface area contributed by atoms with E-state index in [1.54, 1.807) is 7.11 Å². The van der Waals surface area contributed by atoms with Crippen LogP contribution < -0.4 is 10.1 Å². The van der Waals surface area contributed by atoms with Crippen LogP contribution in [0.4, 0.5) is 5.82 Å². The summed E-state index contributed by atoms with van der Waals surface area (Å²) in [6.45, 7) is 4.99. The van der Waals surface area contributed by atoms with Crippen molar-refractivity contribution in [2.24, 2.45) is 0 Å². The third-order valence-electron chi connectivity index (χ3n) is 3.77. The van der Waals surface area contributed by atoms with Crippen molar-refractivity contribution in [3.8, 4) is 17.0 Å². The fraction of sp³-hybridized carbons (Fsp3) is 0.211. The average Bonchev–Trinajstić information content (AvgIpc) is 2.54. The second-order valence-electron chi connectivity index (χ2n) is 5.29. The molecule has 0 aliphatic rings. The summed E-state index contributed by atoms with van der Waals surface area (Å²) in [5, 5.41) is 5.66. The molecule has 0 fully saturated rings. The number of anilines is 1. The number of ether oxygens (including phenoxy) is 1. The van der Waals surface area contributed by atoms with E-state index in [2.05, 4.69) is 61.6 Å². The summed E-state index contributed by atoms with van der Waals surface area (Å²) < 4.78 is 5.35. The van der Waals surface area contributed by atoms with Crippen molar-refractivity contribution in [3.05, 3.63) is 54.1 Å². The van der Waals surface area contributed by atoms with E-state index < -0.39 is 0 Å². The lowest BCUT2D eigenvalue weighted by Crippen LogP contribution is -2.00. The third kappa shape index (κ3) is 2.62. The Morgan fingerprint density at radius 3 is 2.64 bits per heavy atom. The maximum absolute atomic E-state index is 5.35. The maximum Gasteiger partial charge on any atom is 0.127 e. The number of nitrogens with one attached hydrogen (secondary N) is 1. The molecule has 22 heavy (non-hydrogen) atoms. The molecule has 0 amide bonds. The van der Waals surface area contributed by atoms with Crippen LogP contribution in [-0.4, -0.2) is 18.6 Å². The molecule has 3 aromatic rings. The Labute approximate surface area is 131 Å². The van der Waals surface area contributed by atoms with Gasteiger partial charge in [0, 0.05) is 17.5 Å². The Morgan fingerprint density at radius 1 is 1.09 bits per heavy atom. The van der Waals surface area contributed by atoms with Crippen molar-refractivity contribution in [1.29, 1.82) is 0 Å². The summed E-state index contributed by atoms with van der Waals surface area (Å²) in [5.74, 6) is 1.81. The van der Waals surface area contributed by atoms with Crippen LogP contribution in [0.5, 0.6) is 5.75 Å². The number of pyridine rings is 1. The highest BCUT2D eigenvalue weighted by molar-refractivity contribution is 5.96. The summed E-state index contributed by atoms with van der Waals surface area (Å²) in [6.07, 6.45) is 0. The second kappa shape index (κ2) is 6.06. The van der Waals surface area contributed by atoms with Gasteiger partial charge in [-0.05, 0) is 49.1 Å². The van der Waals surface area contributed by atoms with Crippen LogP contribution in [0.15, 0.2) is 48.5 Å². The zero-order valence-electron chi connectivity index (χ0n) is 13.2. The Bertz CT molecular complexity index is 812. The summed E-state index contributed by atoms with van der Waals surface area (Å²) in [5.41, 5.74) is 3.22. The monoisotopic (exact) mass is 292 g/mol. The minimum absolute atomic E-state index is 0.854. The first kappa shape index (κ1) is 14.4. The lowest BCUT2D eigenvalue weighted by Gasteiger charge is -2.12. The molecule has 3 rings (SSSR count). The number of nitrogens with zero attached hydrogens (tertiary/aromatic N) is 1. The molecule has 0 radical (unpaired) electrons. The minimum Gasteiger partial charge on any atom is -0.496 e. The number of aryl methyl sites for hydroxylation is 1. The molecule has 0 aliphatic heterocycles. The summed E-state index contributed by atoms with van der Waals surface area (Å²) in [7, 11) is 1.70. The Hall–Kier alpha value is -2.55. The van der Waals surface area contributed by atoms with Gasteiger partial charge in [-0.15, -0.1) is 0 Å². The highest BCUT2D eigenvalue weighted by Gasteiger charge is 2.09. The van der Waals surface area contributed by atoms with E-state index >= 15 is 0 Å². The number of rotatable bonds is 4. The van der Waals surface area contributed by atoms with E-state index in [1.165, 1.54) is 5.39 Å². The van der Waals surface area contributed by atoms with E-state index in [4.69, 9.17) is 9.72 Å². The number of hydrogen-bond donors (Lipinski definition) is 1. The zero-order chi connectivity index (χ0) is 15.5. The quantitative estimate of drug-likeness (QED) is 0.760. The van der Waals surface area contributed by atoms with Crippen molar-refractivity contribution in [2.45, 2.75) is 13.8 Å². The predicted octanol–water partition coefficient (Wildman–Crippen LogP) is 4.65. The van der Waals surface area contributed by atoms with Gasteiger partial charge in [0.2, 0.25) is 0 Å². The molecule has 1 aromatic heterocycles. The number of methoxy groups -OCH3 is 1. The molecule has 0 atom stereocenters. The first-order valence-electron chi connectivity index (χ1n) is 7.51. The highest BCUT2D eigenvalue weighted by Crippen LogP contribution is 2.31. The molecule has 112 valence electrons. The van der Waals surface area contributed by atoms with E-state index in [0.29, 0.717) is 0 Å². The first-order valence-corrected chi connectivity index (χ1v) is 7.51. The van der Waals surface area contributed by atoms with Crippen LogP contribution >= 0.6 is 0 Å². The van der Waals surface area contributed by atoms with Gasteiger partial charge in [0.05, 0.1) is 12.8 Å². The van der Waals surface area contributed by atoms with Crippen molar-refractivity contribution in [1.82, 2.24) is 4.98 Å². The molecular formula is C19H20N2O. The van der Waals surface area contributed by atoms with Crippen LogP contribution in [0.1, 0.15) is 12.5 Å². The van der Waals surface area contributed by atoms with Crippen LogP contribution in [-0.2, 0) is 0 Å². The molecule has 0 saturated carbocycles. The van der Waals surface area contributed by atoms with Gasteiger partial charge < -0.3 is 10.1 Å². The van der Waals surface area contributed by atoms with Gasteiger partial charge in [-0.3, -0.25) is 0 Å². The normalized spacial score (nSPS) is 10.7. The number of fused-ring (bicyclic) bond motifs is 1. The van der Waals surface area contributed by atoms with Gasteiger partial charge in [-0.25, -0.2) is 4.98 Å². The van der Waals surface area contributed by atoms with Gasteiger partial charge in [0.1, 0.15) is 11.6 Å².